The third kappa shape index (κ3) is 3.26. The monoisotopic (exact) mass is 307 g/mol. The van der Waals surface area contributed by atoms with Gasteiger partial charge in [0.15, 0.2) is 0 Å². The third-order valence-electron chi connectivity index (χ3n) is 2.78. The summed E-state index contributed by atoms with van der Waals surface area (Å²) in [5.74, 6) is -0.643. The first-order chi connectivity index (χ1) is 9.88. The summed E-state index contributed by atoms with van der Waals surface area (Å²) in [5, 5.41) is 13.4. The molecule has 7 nitrogen and oxygen atoms in total. The maximum absolute atomic E-state index is 12.0. The summed E-state index contributed by atoms with van der Waals surface area (Å²) < 4.78 is 0. The van der Waals surface area contributed by atoms with Gasteiger partial charge in [0.2, 0.25) is 0 Å². The number of halogens is 1. The van der Waals surface area contributed by atoms with E-state index < -0.39 is 16.4 Å². The number of aromatic nitrogens is 1. The van der Waals surface area contributed by atoms with Crippen molar-refractivity contribution >= 4 is 28.9 Å². The van der Waals surface area contributed by atoms with Crippen LogP contribution in [-0.2, 0) is 0 Å². The van der Waals surface area contributed by atoms with E-state index in [0.717, 1.165) is 0 Å². The highest BCUT2D eigenvalue weighted by atomic mass is 35.5. The molecule has 0 aliphatic carbocycles. The minimum absolute atomic E-state index is 0.0777. The topological polar surface area (TPSA) is 105 Å². The molecule has 2 rings (SSSR count). The molecular formula is C13H10ClN3O4. The first-order valence-corrected chi connectivity index (χ1v) is 6.21. The van der Waals surface area contributed by atoms with Crippen LogP contribution in [0.3, 0.4) is 0 Å². The van der Waals surface area contributed by atoms with Crippen LogP contribution in [0, 0.1) is 17.0 Å². The second-order valence-corrected chi connectivity index (χ2v) is 4.71. The van der Waals surface area contributed by atoms with Gasteiger partial charge in [-0.1, -0.05) is 11.6 Å². The molecule has 0 atom stereocenters. The number of nitrogens with one attached hydrogen (secondary N) is 2. The smallest absolute Gasteiger partial charge is 0.269 e. The Labute approximate surface area is 123 Å². The van der Waals surface area contributed by atoms with E-state index in [4.69, 9.17) is 11.6 Å². The second-order valence-electron chi connectivity index (χ2n) is 4.27. The van der Waals surface area contributed by atoms with E-state index in [9.17, 15) is 19.7 Å². The maximum atomic E-state index is 12.0. The normalized spacial score (nSPS) is 10.2. The van der Waals surface area contributed by atoms with Crippen molar-refractivity contribution in [2.75, 3.05) is 5.32 Å². The Morgan fingerprint density at radius 3 is 2.71 bits per heavy atom. The van der Waals surface area contributed by atoms with Gasteiger partial charge in [0.05, 0.1) is 9.95 Å². The average Bonchev–Trinajstić information content (AvgIpc) is 2.43. The zero-order valence-electron chi connectivity index (χ0n) is 10.8. The summed E-state index contributed by atoms with van der Waals surface area (Å²) >= 11 is 5.73. The summed E-state index contributed by atoms with van der Waals surface area (Å²) in [6, 6.07) is 5.25. The Kier molecular flexibility index (Phi) is 4.04. The van der Waals surface area contributed by atoms with E-state index in [1.165, 1.54) is 30.5 Å². The fraction of sp³-hybridized carbons (Fsp3) is 0.0769. The van der Waals surface area contributed by atoms with Crippen LogP contribution in [0.25, 0.3) is 0 Å². The third-order valence-corrected chi connectivity index (χ3v) is 3.00. The van der Waals surface area contributed by atoms with Crippen molar-refractivity contribution in [3.8, 4) is 0 Å². The molecule has 0 saturated heterocycles. The van der Waals surface area contributed by atoms with Crippen LogP contribution in [0.1, 0.15) is 15.9 Å². The number of amides is 1. The van der Waals surface area contributed by atoms with Gasteiger partial charge in [-0.3, -0.25) is 19.7 Å². The Balaban J connectivity index is 2.30. The molecule has 2 aromatic rings. The Morgan fingerprint density at radius 2 is 2.10 bits per heavy atom. The minimum Gasteiger partial charge on any atom is -0.327 e. The lowest BCUT2D eigenvalue weighted by Crippen LogP contribution is -2.23. The number of carbonyl (C=O) groups is 1. The highest BCUT2D eigenvalue weighted by Crippen LogP contribution is 2.21. The van der Waals surface area contributed by atoms with Gasteiger partial charge in [-0.15, -0.1) is 0 Å². The van der Waals surface area contributed by atoms with E-state index in [1.54, 1.807) is 6.92 Å². The fourth-order valence-corrected chi connectivity index (χ4v) is 1.88. The van der Waals surface area contributed by atoms with Crippen LogP contribution in [0.5, 0.6) is 0 Å². The van der Waals surface area contributed by atoms with Crippen LogP contribution in [-0.4, -0.2) is 15.8 Å². The second kappa shape index (κ2) is 5.76. The number of rotatable bonds is 3. The summed E-state index contributed by atoms with van der Waals surface area (Å²) in [4.78, 5) is 36.1. The molecule has 1 amide bonds. The van der Waals surface area contributed by atoms with Crippen LogP contribution < -0.4 is 10.9 Å². The molecule has 1 aromatic heterocycles. The van der Waals surface area contributed by atoms with Crippen LogP contribution in [0.4, 0.5) is 11.4 Å². The van der Waals surface area contributed by atoms with Gasteiger partial charge in [0.25, 0.3) is 17.2 Å². The number of nitro benzene ring substituents is 1. The van der Waals surface area contributed by atoms with Gasteiger partial charge in [-0.05, 0) is 24.6 Å². The van der Waals surface area contributed by atoms with Crippen LogP contribution in [0.15, 0.2) is 35.3 Å². The number of carbonyl (C=O) groups excluding carboxylic acids is 1. The number of hydrogen-bond donors (Lipinski definition) is 2. The number of H-pyrrole nitrogens is 1. The predicted molar refractivity (Wildman–Crippen MR) is 77.9 cm³/mol. The van der Waals surface area contributed by atoms with E-state index >= 15 is 0 Å². The van der Waals surface area contributed by atoms with Crippen molar-refractivity contribution in [2.24, 2.45) is 0 Å². The molecule has 8 heteroatoms. The molecule has 0 saturated carbocycles. The number of pyridine rings is 1. The van der Waals surface area contributed by atoms with Crippen LogP contribution in [0.2, 0.25) is 5.02 Å². The molecule has 0 bridgehead atoms. The van der Waals surface area contributed by atoms with E-state index in [-0.39, 0.29) is 16.3 Å². The standard InChI is InChI=1S/C13H10ClN3O4/c1-7-4-9(17(20)21)2-3-11(7)16-13(19)10-5-8(14)6-15-12(10)18/h2-6H,1H3,(H,15,18)(H,16,19). The number of aromatic amines is 1. The molecule has 2 N–H and O–H groups in total. The van der Waals surface area contributed by atoms with E-state index in [0.29, 0.717) is 11.3 Å². The van der Waals surface area contributed by atoms with Crippen molar-refractivity contribution in [1.29, 1.82) is 0 Å². The molecule has 1 aromatic carbocycles. The Morgan fingerprint density at radius 1 is 1.38 bits per heavy atom. The summed E-state index contributed by atoms with van der Waals surface area (Å²) in [7, 11) is 0. The van der Waals surface area contributed by atoms with Gasteiger partial charge < -0.3 is 10.3 Å². The van der Waals surface area contributed by atoms with Crippen LogP contribution >= 0.6 is 11.6 Å². The highest BCUT2D eigenvalue weighted by Gasteiger charge is 2.14. The molecule has 0 radical (unpaired) electrons. The number of hydrogen-bond acceptors (Lipinski definition) is 4. The van der Waals surface area contributed by atoms with Crippen molar-refractivity contribution < 1.29 is 9.72 Å². The number of anilines is 1. The lowest BCUT2D eigenvalue weighted by molar-refractivity contribution is -0.384. The van der Waals surface area contributed by atoms with E-state index in [1.807, 2.05) is 0 Å². The molecule has 0 unspecified atom stereocenters. The van der Waals surface area contributed by atoms with Gasteiger partial charge in [-0.2, -0.15) is 0 Å². The summed E-state index contributed by atoms with van der Waals surface area (Å²) in [5.41, 5.74) is 0.101. The average molecular weight is 308 g/mol. The largest absolute Gasteiger partial charge is 0.327 e. The number of nitrogens with zero attached hydrogens (tertiary/aromatic N) is 1. The van der Waals surface area contributed by atoms with Gasteiger partial charge in [-0.25, -0.2) is 0 Å². The van der Waals surface area contributed by atoms with Crippen molar-refractivity contribution in [1.82, 2.24) is 4.98 Å². The van der Waals surface area contributed by atoms with Crippen molar-refractivity contribution in [3.63, 3.8) is 0 Å². The lowest BCUT2D eigenvalue weighted by Gasteiger charge is -2.08. The number of nitro groups is 1. The van der Waals surface area contributed by atoms with Gasteiger partial charge >= 0.3 is 0 Å². The molecule has 0 aliphatic rings. The van der Waals surface area contributed by atoms with Crippen molar-refractivity contribution in [3.05, 3.63) is 67.1 Å². The zero-order valence-corrected chi connectivity index (χ0v) is 11.6. The molecule has 1 heterocycles. The quantitative estimate of drug-likeness (QED) is 0.671. The SMILES string of the molecule is Cc1cc([N+](=O)[O-])ccc1NC(=O)c1cc(Cl)c[nH]c1=O. The Hall–Kier alpha value is -2.67. The number of non-ortho nitro benzene ring substituents is 1. The number of aryl methyl sites for hydroxylation is 1. The maximum Gasteiger partial charge on any atom is 0.269 e. The highest BCUT2D eigenvalue weighted by molar-refractivity contribution is 6.30. The predicted octanol–water partition coefficient (Wildman–Crippen LogP) is 2.50. The molecule has 0 aliphatic heterocycles. The fourth-order valence-electron chi connectivity index (χ4n) is 1.72. The number of benzene rings is 1. The molecule has 21 heavy (non-hydrogen) atoms. The molecule has 108 valence electrons. The van der Waals surface area contributed by atoms with Gasteiger partial charge in [0.1, 0.15) is 5.56 Å². The first kappa shape index (κ1) is 14.7. The summed E-state index contributed by atoms with van der Waals surface area (Å²) in [6.07, 6.45) is 1.28. The summed E-state index contributed by atoms with van der Waals surface area (Å²) in [6.45, 7) is 1.62. The van der Waals surface area contributed by atoms with Gasteiger partial charge in [0, 0.05) is 24.0 Å². The Bertz CT molecular complexity index is 785. The first-order valence-electron chi connectivity index (χ1n) is 5.83. The molecule has 0 fully saturated rings. The van der Waals surface area contributed by atoms with Crippen molar-refractivity contribution in [2.45, 2.75) is 6.92 Å². The molecular weight excluding hydrogens is 298 g/mol. The minimum atomic E-state index is -0.643. The lowest BCUT2D eigenvalue weighted by atomic mass is 10.1. The van der Waals surface area contributed by atoms with E-state index in [2.05, 4.69) is 10.3 Å². The zero-order chi connectivity index (χ0) is 15.6. The molecule has 0 spiro atoms.